The summed E-state index contributed by atoms with van der Waals surface area (Å²) in [7, 11) is -4.22. The van der Waals surface area contributed by atoms with Gasteiger partial charge in [0.2, 0.25) is 0 Å². The minimum absolute atomic E-state index is 0. The van der Waals surface area contributed by atoms with Crippen molar-refractivity contribution in [3.63, 3.8) is 0 Å². The predicted molar refractivity (Wildman–Crippen MR) is 115 cm³/mol. The Balaban J connectivity index is 0.00000364. The van der Waals surface area contributed by atoms with Crippen molar-refractivity contribution >= 4 is 50.4 Å². The molecular formula is C22H32NaO3S. The van der Waals surface area contributed by atoms with Crippen molar-refractivity contribution in [3.05, 3.63) is 42.0 Å². The minimum Gasteiger partial charge on any atom is -0.282 e. The first-order valence-corrected chi connectivity index (χ1v) is 11.5. The molecule has 2 aromatic rings. The molecule has 1 radical (unpaired) electrons. The number of rotatable bonds is 12. The van der Waals surface area contributed by atoms with E-state index in [1.165, 1.54) is 51.4 Å². The van der Waals surface area contributed by atoms with E-state index < -0.39 is 10.1 Å². The van der Waals surface area contributed by atoms with Gasteiger partial charge in [-0.25, -0.2) is 0 Å². The Hall–Kier alpha value is -0.390. The van der Waals surface area contributed by atoms with Crippen LogP contribution in [0, 0.1) is 0 Å². The van der Waals surface area contributed by atoms with E-state index in [1.807, 2.05) is 24.3 Å². The topological polar surface area (TPSA) is 54.4 Å². The molecule has 0 aliphatic heterocycles. The van der Waals surface area contributed by atoms with Gasteiger partial charge in [-0.05, 0) is 23.8 Å². The van der Waals surface area contributed by atoms with Crippen LogP contribution in [0.5, 0.6) is 0 Å². The van der Waals surface area contributed by atoms with Crippen molar-refractivity contribution in [2.24, 2.45) is 0 Å². The van der Waals surface area contributed by atoms with Gasteiger partial charge in [0.25, 0.3) is 10.1 Å². The maximum atomic E-state index is 11.9. The standard InChI is InChI=1S/C22H32O3S.Na/c1-2-3-4-5-6-7-8-9-10-11-15-20-18-17-19-14-12-13-16-21(19)22(20)26(23,24)25;/h12-14,16-18H,2-11,15H2,1H3,(H,23,24,25);. The zero-order chi connectivity index (χ0) is 18.8. The summed E-state index contributed by atoms with van der Waals surface area (Å²) in [6, 6.07) is 11.1. The van der Waals surface area contributed by atoms with Gasteiger partial charge in [0, 0.05) is 34.9 Å². The summed E-state index contributed by atoms with van der Waals surface area (Å²) < 4.78 is 33.5. The maximum Gasteiger partial charge on any atom is 0.295 e. The Bertz CT molecular complexity index is 787. The van der Waals surface area contributed by atoms with Gasteiger partial charge < -0.3 is 0 Å². The molecule has 5 heteroatoms. The van der Waals surface area contributed by atoms with Crippen molar-refractivity contribution in [2.75, 3.05) is 0 Å². The maximum absolute atomic E-state index is 11.9. The van der Waals surface area contributed by atoms with Gasteiger partial charge in [0.15, 0.2) is 0 Å². The van der Waals surface area contributed by atoms with E-state index in [9.17, 15) is 13.0 Å². The fourth-order valence-corrected chi connectivity index (χ4v) is 4.56. The summed E-state index contributed by atoms with van der Waals surface area (Å²) in [6.07, 6.45) is 13.2. The van der Waals surface area contributed by atoms with Crippen molar-refractivity contribution in [1.82, 2.24) is 0 Å². The quantitative estimate of drug-likeness (QED) is 0.264. The summed E-state index contributed by atoms with van der Waals surface area (Å²) in [5.74, 6) is 0. The SMILES string of the molecule is CCCCCCCCCCCCc1ccc2ccccc2c1S(=O)(=O)O.[Na]. The van der Waals surface area contributed by atoms with Gasteiger partial charge >= 0.3 is 0 Å². The molecule has 145 valence electrons. The molecule has 0 saturated carbocycles. The first kappa shape index (κ1) is 24.6. The van der Waals surface area contributed by atoms with Crippen LogP contribution >= 0.6 is 0 Å². The third kappa shape index (κ3) is 8.25. The number of unbranched alkanes of at least 4 members (excludes halogenated alkanes) is 9. The van der Waals surface area contributed by atoms with Gasteiger partial charge in [0.05, 0.1) is 0 Å². The molecule has 27 heavy (non-hydrogen) atoms. The second-order valence-electron chi connectivity index (χ2n) is 7.18. The third-order valence-electron chi connectivity index (χ3n) is 5.02. The zero-order valence-corrected chi connectivity index (χ0v) is 19.7. The summed E-state index contributed by atoms with van der Waals surface area (Å²) in [5.41, 5.74) is 0.728. The van der Waals surface area contributed by atoms with Gasteiger partial charge in [-0.15, -0.1) is 0 Å². The van der Waals surface area contributed by atoms with E-state index in [0.29, 0.717) is 11.8 Å². The smallest absolute Gasteiger partial charge is 0.282 e. The van der Waals surface area contributed by atoms with Crippen LogP contribution in [0.4, 0.5) is 0 Å². The van der Waals surface area contributed by atoms with Gasteiger partial charge in [0.1, 0.15) is 4.90 Å². The molecular weight excluding hydrogens is 367 g/mol. The number of hydrogen-bond acceptors (Lipinski definition) is 2. The van der Waals surface area contributed by atoms with E-state index in [2.05, 4.69) is 6.92 Å². The monoisotopic (exact) mass is 399 g/mol. The predicted octanol–water partition coefficient (Wildman–Crippen LogP) is 6.17. The van der Waals surface area contributed by atoms with E-state index in [4.69, 9.17) is 0 Å². The van der Waals surface area contributed by atoms with Crippen molar-refractivity contribution < 1.29 is 13.0 Å². The summed E-state index contributed by atoms with van der Waals surface area (Å²) in [4.78, 5) is 0.0894. The fourth-order valence-electron chi connectivity index (χ4n) is 3.59. The number of benzene rings is 2. The van der Waals surface area contributed by atoms with E-state index in [1.54, 1.807) is 12.1 Å². The van der Waals surface area contributed by atoms with Crippen LogP contribution in [-0.2, 0) is 16.5 Å². The molecule has 3 nitrogen and oxygen atoms in total. The second-order valence-corrected chi connectivity index (χ2v) is 8.54. The Kier molecular flexibility index (Phi) is 11.8. The summed E-state index contributed by atoms with van der Waals surface area (Å²) in [5, 5.41) is 1.45. The van der Waals surface area contributed by atoms with Crippen LogP contribution in [0.1, 0.15) is 76.7 Å². The zero-order valence-electron chi connectivity index (χ0n) is 16.9. The molecule has 0 saturated heterocycles. The number of aryl methyl sites for hydroxylation is 1. The molecule has 0 fully saturated rings. The average molecular weight is 400 g/mol. The largest absolute Gasteiger partial charge is 0.295 e. The molecule has 0 amide bonds. The molecule has 0 unspecified atom stereocenters. The van der Waals surface area contributed by atoms with Gasteiger partial charge in [-0.1, -0.05) is 101 Å². The second kappa shape index (κ2) is 12.9. The minimum atomic E-state index is -4.22. The Morgan fingerprint density at radius 1 is 0.778 bits per heavy atom. The molecule has 0 heterocycles. The Labute approximate surface area is 187 Å². The summed E-state index contributed by atoms with van der Waals surface area (Å²) >= 11 is 0. The molecule has 0 aliphatic rings. The molecule has 0 bridgehead atoms. The molecule has 2 aromatic carbocycles. The van der Waals surface area contributed by atoms with Crippen molar-refractivity contribution in [1.29, 1.82) is 0 Å². The van der Waals surface area contributed by atoms with Crippen LogP contribution in [0.3, 0.4) is 0 Å². The normalized spacial score (nSPS) is 11.5. The number of fused-ring (bicyclic) bond motifs is 1. The first-order chi connectivity index (χ1) is 12.5. The molecule has 2 rings (SSSR count). The van der Waals surface area contributed by atoms with Crippen LogP contribution in [-0.4, -0.2) is 42.5 Å². The number of hydrogen-bond donors (Lipinski definition) is 1. The van der Waals surface area contributed by atoms with Crippen molar-refractivity contribution in [3.8, 4) is 0 Å². The van der Waals surface area contributed by atoms with Crippen molar-refractivity contribution in [2.45, 2.75) is 82.4 Å². The van der Waals surface area contributed by atoms with Crippen LogP contribution < -0.4 is 0 Å². The fraction of sp³-hybridized carbons (Fsp3) is 0.545. The van der Waals surface area contributed by atoms with Crippen LogP contribution in [0.2, 0.25) is 0 Å². The van der Waals surface area contributed by atoms with Gasteiger partial charge in [-0.2, -0.15) is 8.42 Å². The third-order valence-corrected chi connectivity index (χ3v) is 6.02. The molecule has 0 atom stereocenters. The summed E-state index contributed by atoms with van der Waals surface area (Å²) in [6.45, 7) is 2.24. The van der Waals surface area contributed by atoms with Crippen LogP contribution in [0.25, 0.3) is 10.8 Å². The van der Waals surface area contributed by atoms with E-state index in [0.717, 1.165) is 23.8 Å². The van der Waals surface area contributed by atoms with Crippen LogP contribution in [0.15, 0.2) is 41.3 Å². The van der Waals surface area contributed by atoms with E-state index >= 15 is 0 Å². The molecule has 0 aliphatic carbocycles. The molecule has 0 spiro atoms. The Morgan fingerprint density at radius 2 is 1.33 bits per heavy atom. The van der Waals surface area contributed by atoms with E-state index in [-0.39, 0.29) is 34.5 Å². The first-order valence-electron chi connectivity index (χ1n) is 10.0. The average Bonchev–Trinajstić information content (AvgIpc) is 2.62. The molecule has 1 N–H and O–H groups in total. The molecule has 0 aromatic heterocycles. The Morgan fingerprint density at radius 3 is 1.93 bits per heavy atom. The van der Waals surface area contributed by atoms with Gasteiger partial charge in [-0.3, -0.25) is 4.55 Å².